The molecule has 4 nitrogen and oxygen atoms in total. The van der Waals surface area contributed by atoms with E-state index in [2.05, 4.69) is 4.98 Å². The lowest BCUT2D eigenvalue weighted by Crippen LogP contribution is -2.13. The third-order valence-corrected chi connectivity index (χ3v) is 4.66. The molecule has 0 spiro atoms. The van der Waals surface area contributed by atoms with Gasteiger partial charge in [0.1, 0.15) is 4.88 Å². The molecule has 1 fully saturated rings. The van der Waals surface area contributed by atoms with Gasteiger partial charge >= 0.3 is 5.97 Å². The molecule has 2 heterocycles. The average Bonchev–Trinajstić information content (AvgIpc) is 2.94. The molecule has 0 unspecified atom stereocenters. The fraction of sp³-hybridized carbons (Fsp3) is 0.333. The van der Waals surface area contributed by atoms with Crippen molar-refractivity contribution in [2.24, 2.45) is 0 Å². The third kappa shape index (κ3) is 2.59. The van der Waals surface area contributed by atoms with Crippen LogP contribution in [0.4, 0.5) is 0 Å². The first-order valence-electron chi connectivity index (χ1n) is 6.63. The van der Waals surface area contributed by atoms with Crippen molar-refractivity contribution in [3.05, 3.63) is 40.2 Å². The summed E-state index contributed by atoms with van der Waals surface area (Å²) in [6, 6.07) is 9.50. The quantitative estimate of drug-likeness (QED) is 0.940. The van der Waals surface area contributed by atoms with Gasteiger partial charge in [0, 0.05) is 24.7 Å². The van der Waals surface area contributed by atoms with Crippen LogP contribution in [0.1, 0.15) is 33.4 Å². The molecule has 20 heavy (non-hydrogen) atoms. The van der Waals surface area contributed by atoms with E-state index in [0.29, 0.717) is 16.5 Å². The van der Waals surface area contributed by atoms with Crippen LogP contribution in [0.25, 0.3) is 11.3 Å². The van der Waals surface area contributed by atoms with Gasteiger partial charge in [-0.05, 0) is 12.8 Å². The van der Waals surface area contributed by atoms with Crippen molar-refractivity contribution in [3.8, 4) is 11.3 Å². The molecule has 5 heteroatoms. The first-order chi connectivity index (χ1) is 9.75. The second-order valence-corrected chi connectivity index (χ2v) is 5.82. The van der Waals surface area contributed by atoms with Crippen molar-refractivity contribution in [2.75, 3.05) is 13.2 Å². The minimum absolute atomic E-state index is 0.323. The summed E-state index contributed by atoms with van der Waals surface area (Å²) in [5.74, 6) is -0.580. The maximum absolute atomic E-state index is 11.4. The summed E-state index contributed by atoms with van der Waals surface area (Å²) >= 11 is 1.30. The van der Waals surface area contributed by atoms with Crippen LogP contribution >= 0.6 is 11.3 Å². The Labute approximate surface area is 121 Å². The molecule has 1 aromatic carbocycles. The molecular weight excluding hydrogens is 274 g/mol. The number of aromatic nitrogens is 1. The molecule has 1 aliphatic heterocycles. The van der Waals surface area contributed by atoms with E-state index >= 15 is 0 Å². The predicted molar refractivity (Wildman–Crippen MR) is 77.3 cm³/mol. The topological polar surface area (TPSA) is 59.4 Å². The van der Waals surface area contributed by atoms with Crippen LogP contribution < -0.4 is 0 Å². The lowest BCUT2D eigenvalue weighted by Gasteiger charge is -2.19. The average molecular weight is 289 g/mol. The van der Waals surface area contributed by atoms with Crippen LogP contribution in [-0.4, -0.2) is 29.3 Å². The number of rotatable bonds is 3. The molecule has 0 amide bonds. The van der Waals surface area contributed by atoms with Crippen molar-refractivity contribution in [1.82, 2.24) is 4.98 Å². The lowest BCUT2D eigenvalue weighted by molar-refractivity contribution is 0.0702. The zero-order valence-electron chi connectivity index (χ0n) is 10.9. The van der Waals surface area contributed by atoms with Crippen molar-refractivity contribution in [2.45, 2.75) is 18.8 Å². The molecule has 1 aromatic heterocycles. The van der Waals surface area contributed by atoms with Crippen molar-refractivity contribution < 1.29 is 14.6 Å². The number of carbonyl (C=O) groups is 1. The number of nitrogens with zero attached hydrogens (tertiary/aromatic N) is 1. The first kappa shape index (κ1) is 13.3. The Bertz CT molecular complexity index is 603. The highest BCUT2D eigenvalue weighted by molar-refractivity contribution is 7.14. The smallest absolute Gasteiger partial charge is 0.348 e. The minimum Gasteiger partial charge on any atom is -0.477 e. The van der Waals surface area contributed by atoms with Gasteiger partial charge in [-0.25, -0.2) is 9.78 Å². The highest BCUT2D eigenvalue weighted by Gasteiger charge is 2.24. The van der Waals surface area contributed by atoms with Crippen LogP contribution in [0.5, 0.6) is 0 Å². The lowest BCUT2D eigenvalue weighted by atomic mass is 10.0. The van der Waals surface area contributed by atoms with E-state index in [1.54, 1.807) is 0 Å². The Hall–Kier alpha value is -1.72. The number of carboxylic acids is 1. The van der Waals surface area contributed by atoms with Gasteiger partial charge in [0.15, 0.2) is 0 Å². The van der Waals surface area contributed by atoms with E-state index < -0.39 is 5.97 Å². The van der Waals surface area contributed by atoms with Crippen molar-refractivity contribution >= 4 is 17.3 Å². The predicted octanol–water partition coefficient (Wildman–Crippen LogP) is 3.40. The van der Waals surface area contributed by atoms with Crippen LogP contribution in [0.2, 0.25) is 0 Å². The standard InChI is InChI=1S/C15H15NO3S/c17-15(18)13-12(10-4-2-1-3-5-10)16-14(20-13)11-6-8-19-9-7-11/h1-5,11H,6-9H2,(H,17,18). The highest BCUT2D eigenvalue weighted by Crippen LogP contribution is 2.35. The Morgan fingerprint density at radius 3 is 2.60 bits per heavy atom. The monoisotopic (exact) mass is 289 g/mol. The van der Waals surface area contributed by atoms with Gasteiger partial charge in [-0.1, -0.05) is 30.3 Å². The normalized spacial score (nSPS) is 16.2. The number of aromatic carboxylic acids is 1. The Morgan fingerprint density at radius 1 is 1.25 bits per heavy atom. The van der Waals surface area contributed by atoms with Crippen molar-refractivity contribution in [1.29, 1.82) is 0 Å². The molecule has 2 aromatic rings. The van der Waals surface area contributed by atoms with Gasteiger partial charge in [-0.15, -0.1) is 11.3 Å². The molecule has 0 bridgehead atoms. The van der Waals surface area contributed by atoms with E-state index in [4.69, 9.17) is 4.74 Å². The number of carboxylic acid groups (broad SMARTS) is 1. The number of benzene rings is 1. The molecule has 0 saturated carbocycles. The molecule has 0 aliphatic carbocycles. The van der Waals surface area contributed by atoms with Gasteiger partial charge in [0.2, 0.25) is 0 Å². The van der Waals surface area contributed by atoms with Crippen molar-refractivity contribution in [3.63, 3.8) is 0 Å². The molecule has 104 valence electrons. The Balaban J connectivity index is 2.00. The maximum Gasteiger partial charge on any atom is 0.348 e. The fourth-order valence-corrected chi connectivity index (χ4v) is 3.49. The fourth-order valence-electron chi connectivity index (χ4n) is 2.39. The molecular formula is C15H15NO3S. The van der Waals surface area contributed by atoms with Gasteiger partial charge in [0.25, 0.3) is 0 Å². The number of hydrogen-bond donors (Lipinski definition) is 1. The summed E-state index contributed by atoms with van der Waals surface area (Å²) in [6.07, 6.45) is 1.83. The van der Waals surface area contributed by atoms with E-state index in [-0.39, 0.29) is 0 Å². The molecule has 1 aliphatic rings. The van der Waals surface area contributed by atoms with E-state index in [9.17, 15) is 9.90 Å². The SMILES string of the molecule is O=C(O)c1sc(C2CCOCC2)nc1-c1ccccc1. The van der Waals surface area contributed by atoms with Crippen LogP contribution in [0, 0.1) is 0 Å². The summed E-state index contributed by atoms with van der Waals surface area (Å²) in [5.41, 5.74) is 1.45. The molecule has 3 rings (SSSR count). The molecule has 0 atom stereocenters. The second kappa shape index (κ2) is 5.73. The number of ether oxygens (including phenoxy) is 1. The molecule has 1 N–H and O–H groups in total. The van der Waals surface area contributed by atoms with E-state index in [0.717, 1.165) is 36.6 Å². The van der Waals surface area contributed by atoms with Crippen LogP contribution in [0.15, 0.2) is 30.3 Å². The molecule has 1 saturated heterocycles. The summed E-state index contributed by atoms with van der Waals surface area (Å²) in [4.78, 5) is 16.4. The summed E-state index contributed by atoms with van der Waals surface area (Å²) in [5, 5.41) is 10.3. The zero-order valence-corrected chi connectivity index (χ0v) is 11.7. The Morgan fingerprint density at radius 2 is 1.95 bits per heavy atom. The summed E-state index contributed by atoms with van der Waals surface area (Å²) in [7, 11) is 0. The highest BCUT2D eigenvalue weighted by atomic mass is 32.1. The largest absolute Gasteiger partial charge is 0.477 e. The number of hydrogen-bond acceptors (Lipinski definition) is 4. The first-order valence-corrected chi connectivity index (χ1v) is 7.44. The van der Waals surface area contributed by atoms with Crippen LogP contribution in [-0.2, 0) is 4.74 Å². The van der Waals surface area contributed by atoms with Gasteiger partial charge in [-0.2, -0.15) is 0 Å². The number of thiazole rings is 1. The van der Waals surface area contributed by atoms with E-state index in [1.165, 1.54) is 11.3 Å². The van der Waals surface area contributed by atoms with Gasteiger partial charge < -0.3 is 9.84 Å². The zero-order chi connectivity index (χ0) is 13.9. The van der Waals surface area contributed by atoms with Gasteiger partial charge in [0.05, 0.1) is 10.7 Å². The summed E-state index contributed by atoms with van der Waals surface area (Å²) < 4.78 is 5.35. The molecule has 0 radical (unpaired) electrons. The van der Waals surface area contributed by atoms with E-state index in [1.807, 2.05) is 30.3 Å². The minimum atomic E-state index is -0.903. The third-order valence-electron chi connectivity index (χ3n) is 3.46. The van der Waals surface area contributed by atoms with Gasteiger partial charge in [-0.3, -0.25) is 0 Å². The Kier molecular flexibility index (Phi) is 3.80. The maximum atomic E-state index is 11.4. The van der Waals surface area contributed by atoms with Crippen LogP contribution in [0.3, 0.4) is 0 Å². The second-order valence-electron chi connectivity index (χ2n) is 4.79. The summed E-state index contributed by atoms with van der Waals surface area (Å²) in [6.45, 7) is 1.46.